The summed E-state index contributed by atoms with van der Waals surface area (Å²) in [5, 5.41) is 16.2. The molecule has 1 saturated heterocycles. The summed E-state index contributed by atoms with van der Waals surface area (Å²) in [7, 11) is 0. The molecule has 0 atom stereocenters. The van der Waals surface area contributed by atoms with Crippen LogP contribution in [-0.4, -0.2) is 44.1 Å². The van der Waals surface area contributed by atoms with Crippen molar-refractivity contribution in [3.05, 3.63) is 16.1 Å². The van der Waals surface area contributed by atoms with Gasteiger partial charge in [0.25, 0.3) is 0 Å². The van der Waals surface area contributed by atoms with Crippen molar-refractivity contribution < 1.29 is 14.6 Å². The maximum Gasteiger partial charge on any atom is 0.368 e. The van der Waals surface area contributed by atoms with E-state index in [-0.39, 0.29) is 11.6 Å². The number of ether oxygens (including phenoxy) is 1. The predicted octanol–water partition coefficient (Wildman–Crippen LogP) is -0.263. The second kappa shape index (κ2) is 5.13. The zero-order valence-electron chi connectivity index (χ0n) is 9.94. The summed E-state index contributed by atoms with van der Waals surface area (Å²) < 4.78 is 7.43. The third-order valence-electron chi connectivity index (χ3n) is 2.81. The molecule has 1 aromatic heterocycles. The Kier molecular flexibility index (Phi) is 3.56. The third-order valence-corrected chi connectivity index (χ3v) is 2.81. The standard InChI is InChI=1S/C10H14N4O4/c1-7(9(15)16)6-13-10(17)14(12-11-13)8-2-4-18-5-3-8/h6,8H,2-5H2,1H3,(H,15,16)/b7-6+. The van der Waals surface area contributed by atoms with Gasteiger partial charge in [-0.3, -0.25) is 0 Å². The molecule has 0 aliphatic carbocycles. The van der Waals surface area contributed by atoms with E-state index < -0.39 is 11.7 Å². The van der Waals surface area contributed by atoms with Crippen LogP contribution < -0.4 is 5.69 Å². The van der Waals surface area contributed by atoms with Crippen LogP contribution in [0.4, 0.5) is 0 Å². The fourth-order valence-electron chi connectivity index (χ4n) is 1.75. The number of nitrogens with zero attached hydrogens (tertiary/aromatic N) is 4. The lowest BCUT2D eigenvalue weighted by Gasteiger charge is -2.20. The van der Waals surface area contributed by atoms with Crippen LogP contribution in [0, 0.1) is 0 Å². The van der Waals surface area contributed by atoms with Gasteiger partial charge < -0.3 is 9.84 Å². The monoisotopic (exact) mass is 254 g/mol. The minimum absolute atomic E-state index is 0.0242. The number of aliphatic carboxylic acids is 1. The second-order valence-electron chi connectivity index (χ2n) is 4.11. The smallest absolute Gasteiger partial charge is 0.368 e. The van der Waals surface area contributed by atoms with E-state index in [1.807, 2.05) is 0 Å². The summed E-state index contributed by atoms with van der Waals surface area (Å²) >= 11 is 0. The van der Waals surface area contributed by atoms with Crippen LogP contribution in [0.15, 0.2) is 10.4 Å². The molecule has 0 saturated carbocycles. The molecule has 8 nitrogen and oxygen atoms in total. The Hall–Kier alpha value is -1.96. The Morgan fingerprint density at radius 3 is 2.72 bits per heavy atom. The minimum atomic E-state index is -1.09. The molecule has 0 bridgehead atoms. The second-order valence-corrected chi connectivity index (χ2v) is 4.11. The number of carboxylic acid groups (broad SMARTS) is 1. The third kappa shape index (κ3) is 2.48. The van der Waals surface area contributed by atoms with Crippen LogP contribution in [0.25, 0.3) is 6.20 Å². The topological polar surface area (TPSA) is 99.2 Å². The van der Waals surface area contributed by atoms with Gasteiger partial charge >= 0.3 is 11.7 Å². The molecule has 0 unspecified atom stereocenters. The van der Waals surface area contributed by atoms with Crippen molar-refractivity contribution in [2.45, 2.75) is 25.8 Å². The van der Waals surface area contributed by atoms with Crippen molar-refractivity contribution in [3.8, 4) is 0 Å². The number of rotatable bonds is 3. The van der Waals surface area contributed by atoms with Crippen LogP contribution in [0.3, 0.4) is 0 Å². The van der Waals surface area contributed by atoms with Crippen molar-refractivity contribution in [2.75, 3.05) is 13.2 Å². The zero-order valence-corrected chi connectivity index (χ0v) is 9.94. The molecule has 2 rings (SSSR count). The number of aromatic nitrogens is 4. The fraction of sp³-hybridized carbons (Fsp3) is 0.600. The molecule has 1 aromatic rings. The maximum atomic E-state index is 11.9. The highest BCUT2D eigenvalue weighted by molar-refractivity contribution is 5.89. The average molecular weight is 254 g/mol. The largest absolute Gasteiger partial charge is 0.478 e. The molecule has 1 N–H and O–H groups in total. The first kappa shape index (κ1) is 12.5. The highest BCUT2D eigenvalue weighted by atomic mass is 16.5. The molecule has 1 fully saturated rings. The van der Waals surface area contributed by atoms with E-state index in [1.54, 1.807) is 0 Å². The van der Waals surface area contributed by atoms with Crippen molar-refractivity contribution in [1.29, 1.82) is 0 Å². The first-order valence-electron chi connectivity index (χ1n) is 5.63. The van der Waals surface area contributed by atoms with Crippen molar-refractivity contribution in [3.63, 3.8) is 0 Å². The van der Waals surface area contributed by atoms with E-state index in [2.05, 4.69) is 10.4 Å². The quantitative estimate of drug-likeness (QED) is 0.746. The normalized spacial score (nSPS) is 17.9. The Bertz CT molecular complexity index is 524. The summed E-state index contributed by atoms with van der Waals surface area (Å²) in [4.78, 5) is 22.6. The van der Waals surface area contributed by atoms with Crippen LogP contribution in [0.5, 0.6) is 0 Å². The van der Waals surface area contributed by atoms with Gasteiger partial charge in [-0.15, -0.1) is 0 Å². The van der Waals surface area contributed by atoms with Crippen LogP contribution in [0.1, 0.15) is 25.8 Å². The van der Waals surface area contributed by atoms with Crippen LogP contribution in [-0.2, 0) is 9.53 Å². The van der Waals surface area contributed by atoms with E-state index in [9.17, 15) is 9.59 Å². The van der Waals surface area contributed by atoms with E-state index >= 15 is 0 Å². The number of hydrogen-bond acceptors (Lipinski definition) is 5. The number of carbonyl (C=O) groups is 1. The molecular formula is C10H14N4O4. The molecule has 98 valence electrons. The molecule has 2 heterocycles. The molecule has 0 amide bonds. The van der Waals surface area contributed by atoms with E-state index in [1.165, 1.54) is 11.6 Å². The maximum absolute atomic E-state index is 11.9. The van der Waals surface area contributed by atoms with Gasteiger partial charge in [-0.05, 0) is 30.2 Å². The molecule has 0 aromatic carbocycles. The summed E-state index contributed by atoms with van der Waals surface area (Å²) in [5.41, 5.74) is -0.404. The van der Waals surface area contributed by atoms with Gasteiger partial charge in [-0.25, -0.2) is 9.59 Å². The van der Waals surface area contributed by atoms with E-state index in [0.717, 1.165) is 10.9 Å². The van der Waals surface area contributed by atoms with Gasteiger partial charge in [0, 0.05) is 19.4 Å². The molecule has 18 heavy (non-hydrogen) atoms. The van der Waals surface area contributed by atoms with Gasteiger partial charge in [0.15, 0.2) is 0 Å². The summed E-state index contributed by atoms with van der Waals surface area (Å²) in [6.07, 6.45) is 2.58. The zero-order chi connectivity index (χ0) is 13.1. The number of tetrazole rings is 1. The number of carboxylic acids is 1. The fourth-order valence-corrected chi connectivity index (χ4v) is 1.75. The molecule has 1 aliphatic rings. The van der Waals surface area contributed by atoms with Gasteiger partial charge in [0.05, 0.1) is 11.6 Å². The van der Waals surface area contributed by atoms with E-state index in [0.29, 0.717) is 26.1 Å². The Morgan fingerprint density at radius 1 is 1.44 bits per heavy atom. The highest BCUT2D eigenvalue weighted by Gasteiger charge is 2.20. The molecule has 0 radical (unpaired) electrons. The van der Waals surface area contributed by atoms with Crippen LogP contribution in [0.2, 0.25) is 0 Å². The molecule has 1 aliphatic heterocycles. The molecule has 0 spiro atoms. The first-order valence-corrected chi connectivity index (χ1v) is 5.63. The van der Waals surface area contributed by atoms with Gasteiger partial charge in [-0.2, -0.15) is 9.36 Å². The summed E-state index contributed by atoms with van der Waals surface area (Å²) in [5.74, 6) is -1.09. The lowest BCUT2D eigenvalue weighted by atomic mass is 10.1. The molecule has 8 heteroatoms. The van der Waals surface area contributed by atoms with Crippen LogP contribution >= 0.6 is 0 Å². The lowest BCUT2D eigenvalue weighted by Crippen LogP contribution is -2.30. The predicted molar refractivity (Wildman–Crippen MR) is 61.0 cm³/mol. The average Bonchev–Trinajstić information content (AvgIpc) is 2.72. The van der Waals surface area contributed by atoms with Crippen molar-refractivity contribution in [2.24, 2.45) is 0 Å². The van der Waals surface area contributed by atoms with Gasteiger partial charge in [0.1, 0.15) is 0 Å². The highest BCUT2D eigenvalue weighted by Crippen LogP contribution is 2.17. The van der Waals surface area contributed by atoms with E-state index in [4.69, 9.17) is 9.84 Å². The molecular weight excluding hydrogens is 240 g/mol. The Morgan fingerprint density at radius 2 is 2.11 bits per heavy atom. The van der Waals surface area contributed by atoms with Gasteiger partial charge in [0.2, 0.25) is 0 Å². The summed E-state index contributed by atoms with van der Waals surface area (Å²) in [6.45, 7) is 2.57. The minimum Gasteiger partial charge on any atom is -0.478 e. The number of hydrogen-bond donors (Lipinski definition) is 1. The van der Waals surface area contributed by atoms with Crippen molar-refractivity contribution >= 4 is 12.2 Å². The SMILES string of the molecule is C/C(=C\n1nnn(C2CCOCC2)c1=O)C(=O)O. The Balaban J connectivity index is 2.26. The summed E-state index contributed by atoms with van der Waals surface area (Å²) in [6, 6.07) is -0.0291. The van der Waals surface area contributed by atoms with Crippen molar-refractivity contribution in [1.82, 2.24) is 19.8 Å². The van der Waals surface area contributed by atoms with Gasteiger partial charge in [-0.1, -0.05) is 0 Å². The Labute approximate surface area is 102 Å². The lowest BCUT2D eigenvalue weighted by molar-refractivity contribution is -0.132. The first-order chi connectivity index (χ1) is 8.59.